The molecular formula is C9H11F3N4O2S. The lowest BCUT2D eigenvalue weighted by molar-refractivity contribution is -0.138. The maximum atomic E-state index is 12.5. The molecule has 1 aromatic heterocycles. The van der Waals surface area contributed by atoms with Crippen LogP contribution in [0, 0.1) is 0 Å². The second-order valence-electron chi connectivity index (χ2n) is 3.94. The van der Waals surface area contributed by atoms with Crippen LogP contribution < -0.4 is 4.90 Å². The van der Waals surface area contributed by atoms with Crippen LogP contribution in [-0.2, 0) is 10.9 Å². The van der Waals surface area contributed by atoms with Crippen LogP contribution in [0.3, 0.4) is 0 Å². The van der Waals surface area contributed by atoms with Crippen molar-refractivity contribution < 1.29 is 22.7 Å². The van der Waals surface area contributed by atoms with Crippen molar-refractivity contribution >= 4 is 22.5 Å². The molecule has 1 aromatic rings. The first-order chi connectivity index (χ1) is 8.84. The summed E-state index contributed by atoms with van der Waals surface area (Å²) in [6, 6.07) is -0.456. The molecule has 0 bridgehead atoms. The number of hydrogen-bond donors (Lipinski definition) is 0. The van der Waals surface area contributed by atoms with Crippen molar-refractivity contribution in [2.75, 3.05) is 25.6 Å². The van der Waals surface area contributed by atoms with E-state index < -0.39 is 23.4 Å². The van der Waals surface area contributed by atoms with Gasteiger partial charge in [-0.05, 0) is 0 Å². The minimum absolute atomic E-state index is 0.115. The monoisotopic (exact) mass is 296 g/mol. The Morgan fingerprint density at radius 3 is 2.63 bits per heavy atom. The third-order valence-electron chi connectivity index (χ3n) is 2.67. The molecule has 0 aromatic carbocycles. The van der Waals surface area contributed by atoms with E-state index in [4.69, 9.17) is 4.74 Å². The molecule has 1 saturated heterocycles. The third kappa shape index (κ3) is 2.63. The van der Waals surface area contributed by atoms with Gasteiger partial charge in [0.05, 0.1) is 0 Å². The van der Waals surface area contributed by atoms with Gasteiger partial charge in [-0.1, -0.05) is 11.3 Å². The summed E-state index contributed by atoms with van der Waals surface area (Å²) in [5.41, 5.74) is 0. The summed E-state index contributed by atoms with van der Waals surface area (Å²) in [6.45, 7) is 0.471. The molecule has 6 nitrogen and oxygen atoms in total. The summed E-state index contributed by atoms with van der Waals surface area (Å²) in [5, 5.41) is 5.30. The molecule has 0 saturated carbocycles. The van der Waals surface area contributed by atoms with Crippen LogP contribution >= 0.6 is 11.3 Å². The second kappa shape index (κ2) is 4.93. The summed E-state index contributed by atoms with van der Waals surface area (Å²) in [7, 11) is 2.95. The van der Waals surface area contributed by atoms with Crippen LogP contribution in [0.1, 0.15) is 11.4 Å². The fraction of sp³-hybridized carbons (Fsp3) is 0.667. The fourth-order valence-electron chi connectivity index (χ4n) is 1.69. The standard InChI is InChI=1S/C9H11F3N4O2S/c1-15-4-3-5(18-2)16(8(15)17)7-14-13-6(19-7)9(10,11)12/h5H,3-4H2,1-2H3. The number of amides is 2. The average Bonchev–Trinajstić information content (AvgIpc) is 2.81. The zero-order valence-electron chi connectivity index (χ0n) is 10.1. The number of carbonyl (C=O) groups is 1. The zero-order valence-corrected chi connectivity index (χ0v) is 11.0. The van der Waals surface area contributed by atoms with Crippen molar-refractivity contribution in [2.24, 2.45) is 0 Å². The average molecular weight is 296 g/mol. The number of hydrogen-bond acceptors (Lipinski definition) is 5. The Labute approximate surface area is 110 Å². The van der Waals surface area contributed by atoms with Gasteiger partial charge in [0.1, 0.15) is 6.23 Å². The summed E-state index contributed by atoms with van der Waals surface area (Å²) in [6.07, 6.45) is -4.71. The Balaban J connectivity index is 2.32. The summed E-state index contributed by atoms with van der Waals surface area (Å²) in [5.74, 6) is 0. The predicted octanol–water partition coefficient (Wildman–Crippen LogP) is 1.79. The first-order valence-corrected chi connectivity index (χ1v) is 6.14. The van der Waals surface area contributed by atoms with E-state index in [1.165, 1.54) is 12.0 Å². The first-order valence-electron chi connectivity index (χ1n) is 5.32. The first kappa shape index (κ1) is 14.0. The van der Waals surface area contributed by atoms with E-state index in [0.29, 0.717) is 24.3 Å². The van der Waals surface area contributed by atoms with Crippen LogP contribution in [0.25, 0.3) is 0 Å². The minimum Gasteiger partial charge on any atom is -0.361 e. The largest absolute Gasteiger partial charge is 0.445 e. The van der Waals surface area contributed by atoms with Crippen LogP contribution in [0.2, 0.25) is 0 Å². The Kier molecular flexibility index (Phi) is 3.63. The molecular weight excluding hydrogens is 285 g/mol. The van der Waals surface area contributed by atoms with E-state index in [1.54, 1.807) is 7.05 Å². The van der Waals surface area contributed by atoms with Crippen molar-refractivity contribution in [2.45, 2.75) is 18.8 Å². The number of rotatable bonds is 2. The molecule has 0 radical (unpaired) electrons. The van der Waals surface area contributed by atoms with Gasteiger partial charge in [0.15, 0.2) is 0 Å². The fourth-order valence-corrected chi connectivity index (χ4v) is 2.44. The Morgan fingerprint density at radius 2 is 2.11 bits per heavy atom. The molecule has 1 fully saturated rings. The Bertz CT molecular complexity index is 478. The van der Waals surface area contributed by atoms with Gasteiger partial charge in [-0.25, -0.2) is 9.69 Å². The maximum Gasteiger partial charge on any atom is 0.445 e. The molecule has 106 valence electrons. The maximum absolute atomic E-state index is 12.5. The molecule has 2 rings (SSSR count). The lowest BCUT2D eigenvalue weighted by Gasteiger charge is -2.37. The van der Waals surface area contributed by atoms with Gasteiger partial charge < -0.3 is 9.64 Å². The highest BCUT2D eigenvalue weighted by Gasteiger charge is 2.40. The topological polar surface area (TPSA) is 58.6 Å². The zero-order chi connectivity index (χ0) is 14.2. The normalized spacial score (nSPS) is 21.1. The number of alkyl halides is 3. The van der Waals surface area contributed by atoms with Crippen LogP contribution in [-0.4, -0.2) is 48.1 Å². The van der Waals surface area contributed by atoms with Crippen LogP contribution in [0.5, 0.6) is 0 Å². The van der Waals surface area contributed by atoms with Gasteiger partial charge in [0, 0.05) is 27.1 Å². The number of carbonyl (C=O) groups excluding carboxylic acids is 1. The molecule has 0 aliphatic carbocycles. The second-order valence-corrected chi connectivity index (χ2v) is 4.90. The number of methoxy groups -OCH3 is 1. The Morgan fingerprint density at radius 1 is 1.42 bits per heavy atom. The molecule has 1 unspecified atom stereocenters. The molecule has 2 amide bonds. The van der Waals surface area contributed by atoms with Gasteiger partial charge in [-0.15, -0.1) is 10.2 Å². The molecule has 1 aliphatic heterocycles. The molecule has 0 N–H and O–H groups in total. The minimum atomic E-state index is -4.57. The highest BCUT2D eigenvalue weighted by atomic mass is 32.1. The number of halogens is 3. The molecule has 0 spiro atoms. The number of nitrogens with zero attached hydrogens (tertiary/aromatic N) is 4. The van der Waals surface area contributed by atoms with Crippen molar-refractivity contribution in [1.82, 2.24) is 15.1 Å². The van der Waals surface area contributed by atoms with Crippen molar-refractivity contribution in [1.29, 1.82) is 0 Å². The highest BCUT2D eigenvalue weighted by molar-refractivity contribution is 7.15. The van der Waals surface area contributed by atoms with E-state index in [-0.39, 0.29) is 5.13 Å². The highest BCUT2D eigenvalue weighted by Crippen LogP contribution is 2.36. The molecule has 2 heterocycles. The Hall–Kier alpha value is -1.42. The molecule has 1 aliphatic rings. The molecule has 19 heavy (non-hydrogen) atoms. The van der Waals surface area contributed by atoms with Gasteiger partial charge in [0.2, 0.25) is 10.1 Å². The van der Waals surface area contributed by atoms with E-state index in [9.17, 15) is 18.0 Å². The summed E-state index contributed by atoms with van der Waals surface area (Å²) in [4.78, 5) is 14.5. The summed E-state index contributed by atoms with van der Waals surface area (Å²) < 4.78 is 42.6. The SMILES string of the molecule is COC1CCN(C)C(=O)N1c1nnc(C(F)(F)F)s1. The summed E-state index contributed by atoms with van der Waals surface area (Å²) >= 11 is 0.322. The van der Waals surface area contributed by atoms with E-state index >= 15 is 0 Å². The number of ether oxygens (including phenoxy) is 1. The quantitative estimate of drug-likeness (QED) is 0.835. The van der Waals surface area contributed by atoms with E-state index in [1.807, 2.05) is 0 Å². The van der Waals surface area contributed by atoms with E-state index in [0.717, 1.165) is 4.90 Å². The predicted molar refractivity (Wildman–Crippen MR) is 60.8 cm³/mol. The van der Waals surface area contributed by atoms with Crippen molar-refractivity contribution in [3.8, 4) is 0 Å². The lowest BCUT2D eigenvalue weighted by Crippen LogP contribution is -2.54. The van der Waals surface area contributed by atoms with Crippen LogP contribution in [0.4, 0.5) is 23.1 Å². The number of aromatic nitrogens is 2. The smallest absolute Gasteiger partial charge is 0.361 e. The van der Waals surface area contributed by atoms with Crippen molar-refractivity contribution in [3.05, 3.63) is 5.01 Å². The molecule has 1 atom stereocenters. The van der Waals surface area contributed by atoms with E-state index in [2.05, 4.69) is 10.2 Å². The van der Waals surface area contributed by atoms with Crippen LogP contribution in [0.15, 0.2) is 0 Å². The lowest BCUT2D eigenvalue weighted by atomic mass is 10.3. The number of anilines is 1. The van der Waals surface area contributed by atoms with Gasteiger partial charge in [-0.2, -0.15) is 13.2 Å². The van der Waals surface area contributed by atoms with Gasteiger partial charge >= 0.3 is 12.2 Å². The number of urea groups is 1. The molecule has 10 heteroatoms. The third-order valence-corrected chi connectivity index (χ3v) is 3.63. The van der Waals surface area contributed by atoms with Gasteiger partial charge in [-0.3, -0.25) is 0 Å². The van der Waals surface area contributed by atoms with Crippen molar-refractivity contribution in [3.63, 3.8) is 0 Å². The van der Waals surface area contributed by atoms with Gasteiger partial charge in [0.25, 0.3) is 0 Å².